The third-order valence-electron chi connectivity index (χ3n) is 2.74. The molecule has 0 N–H and O–H groups in total. The molecular weight excluding hydrogens is 268 g/mol. The predicted molar refractivity (Wildman–Crippen MR) is 73.3 cm³/mol. The van der Waals surface area contributed by atoms with Gasteiger partial charge >= 0.3 is 0 Å². The highest BCUT2D eigenvalue weighted by molar-refractivity contribution is 6.32. The van der Waals surface area contributed by atoms with E-state index in [-0.39, 0.29) is 12.2 Å². The van der Waals surface area contributed by atoms with Gasteiger partial charge < -0.3 is 9.47 Å². The summed E-state index contributed by atoms with van der Waals surface area (Å²) in [5.74, 6) is -0.142. The second-order valence-electron chi connectivity index (χ2n) is 4.07. The summed E-state index contributed by atoms with van der Waals surface area (Å²) < 4.78 is 12.2. The van der Waals surface area contributed by atoms with Gasteiger partial charge in [-0.3, -0.25) is 9.48 Å². The normalized spacial score (nSPS) is 11.3. The fourth-order valence-corrected chi connectivity index (χ4v) is 2.16. The third kappa shape index (κ3) is 4.03. The average molecular weight is 289 g/mol. The molecule has 108 valence electrons. The lowest BCUT2D eigenvalue weighted by atomic mass is 10.2. The summed E-state index contributed by atoms with van der Waals surface area (Å²) in [6.45, 7) is 6.48. The fourth-order valence-electron chi connectivity index (χ4n) is 1.80. The molecule has 0 saturated heterocycles. The number of carbonyl (C=O) groups is 1. The van der Waals surface area contributed by atoms with E-state index in [0.717, 1.165) is 12.1 Å². The lowest BCUT2D eigenvalue weighted by Crippen LogP contribution is -2.29. The minimum Gasteiger partial charge on any atom is -0.346 e. The number of halogens is 1. The van der Waals surface area contributed by atoms with Crippen LogP contribution in [0.5, 0.6) is 0 Å². The highest BCUT2D eigenvalue weighted by Crippen LogP contribution is 2.22. The van der Waals surface area contributed by atoms with Gasteiger partial charge in [0.05, 0.1) is 22.8 Å². The maximum Gasteiger partial charge on any atom is 0.218 e. The molecule has 0 aliphatic rings. The predicted octanol–water partition coefficient (Wildman–Crippen LogP) is 2.15. The van der Waals surface area contributed by atoms with Crippen LogP contribution < -0.4 is 0 Å². The van der Waals surface area contributed by atoms with Crippen molar-refractivity contribution in [2.75, 3.05) is 13.2 Å². The zero-order valence-electron chi connectivity index (χ0n) is 11.9. The van der Waals surface area contributed by atoms with Crippen molar-refractivity contribution >= 4 is 17.4 Å². The van der Waals surface area contributed by atoms with Crippen LogP contribution in [0.15, 0.2) is 0 Å². The summed E-state index contributed by atoms with van der Waals surface area (Å²) in [5.41, 5.74) is 1.50. The van der Waals surface area contributed by atoms with Crippen LogP contribution in [-0.2, 0) is 34.2 Å². The van der Waals surface area contributed by atoms with Crippen molar-refractivity contribution in [1.82, 2.24) is 9.78 Å². The smallest absolute Gasteiger partial charge is 0.218 e. The Morgan fingerprint density at radius 3 is 2.32 bits per heavy atom. The highest BCUT2D eigenvalue weighted by atomic mass is 35.5. The SMILES string of the molecule is CCOC(OCC)C(=O)Cc1c(Cl)c(CC)nn1C. The number of hydrogen-bond donors (Lipinski definition) is 0. The Kier molecular flexibility index (Phi) is 6.48. The van der Waals surface area contributed by atoms with Crippen LogP contribution in [0.3, 0.4) is 0 Å². The summed E-state index contributed by atoms with van der Waals surface area (Å²) >= 11 is 6.22. The van der Waals surface area contributed by atoms with Crippen LogP contribution in [0, 0.1) is 0 Å². The molecule has 0 atom stereocenters. The van der Waals surface area contributed by atoms with Crippen molar-refractivity contribution in [2.24, 2.45) is 7.05 Å². The first-order valence-corrected chi connectivity index (χ1v) is 6.88. The fraction of sp³-hybridized carbons (Fsp3) is 0.692. The van der Waals surface area contributed by atoms with Gasteiger partial charge in [0.25, 0.3) is 0 Å². The molecule has 0 saturated carbocycles. The van der Waals surface area contributed by atoms with Gasteiger partial charge in [-0.1, -0.05) is 18.5 Å². The molecular formula is C13H21ClN2O3. The second kappa shape index (κ2) is 7.62. The molecule has 19 heavy (non-hydrogen) atoms. The summed E-state index contributed by atoms with van der Waals surface area (Å²) in [5, 5.41) is 4.84. The largest absolute Gasteiger partial charge is 0.346 e. The van der Waals surface area contributed by atoms with Crippen molar-refractivity contribution in [3.63, 3.8) is 0 Å². The summed E-state index contributed by atoms with van der Waals surface area (Å²) in [6, 6.07) is 0. The lowest BCUT2D eigenvalue weighted by Gasteiger charge is -2.15. The highest BCUT2D eigenvalue weighted by Gasteiger charge is 2.23. The number of ketones is 1. The number of nitrogens with zero attached hydrogens (tertiary/aromatic N) is 2. The van der Waals surface area contributed by atoms with Gasteiger partial charge in [0, 0.05) is 20.3 Å². The third-order valence-corrected chi connectivity index (χ3v) is 3.18. The zero-order valence-corrected chi connectivity index (χ0v) is 12.7. The van der Waals surface area contributed by atoms with Crippen LogP contribution in [-0.4, -0.2) is 35.1 Å². The van der Waals surface area contributed by atoms with E-state index >= 15 is 0 Å². The van der Waals surface area contributed by atoms with Gasteiger partial charge in [0.2, 0.25) is 6.29 Å². The van der Waals surface area contributed by atoms with E-state index in [1.54, 1.807) is 11.7 Å². The Morgan fingerprint density at radius 1 is 1.32 bits per heavy atom. The molecule has 0 amide bonds. The first-order chi connectivity index (χ1) is 9.04. The molecule has 5 nitrogen and oxygen atoms in total. The molecule has 0 bridgehead atoms. The molecule has 0 spiro atoms. The topological polar surface area (TPSA) is 53.4 Å². The number of aryl methyl sites for hydroxylation is 2. The van der Waals surface area contributed by atoms with E-state index in [9.17, 15) is 4.79 Å². The van der Waals surface area contributed by atoms with E-state index in [4.69, 9.17) is 21.1 Å². The molecule has 0 aliphatic carbocycles. The van der Waals surface area contributed by atoms with Crippen LogP contribution in [0.4, 0.5) is 0 Å². The van der Waals surface area contributed by atoms with Crippen molar-refractivity contribution in [3.8, 4) is 0 Å². The van der Waals surface area contributed by atoms with Crippen LogP contribution in [0.1, 0.15) is 32.2 Å². The maximum absolute atomic E-state index is 12.1. The molecule has 1 rings (SSSR count). The molecule has 1 heterocycles. The molecule has 0 aromatic carbocycles. The lowest BCUT2D eigenvalue weighted by molar-refractivity contribution is -0.167. The summed E-state index contributed by atoms with van der Waals surface area (Å²) in [6.07, 6.45) is 0.0693. The molecule has 6 heteroatoms. The molecule has 1 aromatic heterocycles. The van der Waals surface area contributed by atoms with Crippen molar-refractivity contribution < 1.29 is 14.3 Å². The van der Waals surface area contributed by atoms with E-state index in [0.29, 0.717) is 23.9 Å². The molecule has 0 unspecified atom stereocenters. The Hall–Kier alpha value is -0.910. The second-order valence-corrected chi connectivity index (χ2v) is 4.45. The number of carbonyl (C=O) groups excluding carboxylic acids is 1. The van der Waals surface area contributed by atoms with E-state index in [1.165, 1.54) is 0 Å². The van der Waals surface area contributed by atoms with Gasteiger partial charge in [-0.2, -0.15) is 5.10 Å². The molecule has 0 fully saturated rings. The Labute approximate surface area is 118 Å². The van der Waals surface area contributed by atoms with Gasteiger partial charge in [-0.05, 0) is 20.3 Å². The Balaban J connectivity index is 2.83. The van der Waals surface area contributed by atoms with Gasteiger partial charge in [-0.15, -0.1) is 0 Å². The monoisotopic (exact) mass is 288 g/mol. The van der Waals surface area contributed by atoms with E-state index < -0.39 is 6.29 Å². The summed E-state index contributed by atoms with van der Waals surface area (Å²) in [4.78, 5) is 12.1. The number of hydrogen-bond acceptors (Lipinski definition) is 4. The average Bonchev–Trinajstić information content (AvgIpc) is 2.65. The minimum atomic E-state index is -0.828. The van der Waals surface area contributed by atoms with E-state index in [1.807, 2.05) is 20.8 Å². The number of ether oxygens (including phenoxy) is 2. The van der Waals surface area contributed by atoms with Gasteiger partial charge in [-0.25, -0.2) is 0 Å². The molecule has 0 aliphatic heterocycles. The Morgan fingerprint density at radius 2 is 1.89 bits per heavy atom. The Bertz CT molecular complexity index is 426. The summed E-state index contributed by atoms with van der Waals surface area (Å²) in [7, 11) is 1.78. The van der Waals surface area contributed by atoms with Crippen LogP contribution >= 0.6 is 11.6 Å². The molecule has 0 radical (unpaired) electrons. The maximum atomic E-state index is 12.1. The number of rotatable bonds is 8. The first-order valence-electron chi connectivity index (χ1n) is 6.51. The van der Waals surface area contributed by atoms with Crippen LogP contribution in [0.25, 0.3) is 0 Å². The number of Topliss-reactive ketones (excluding diaryl/α,β-unsaturated/α-hetero) is 1. The van der Waals surface area contributed by atoms with E-state index in [2.05, 4.69) is 5.10 Å². The first kappa shape index (κ1) is 16.1. The molecule has 1 aromatic rings. The van der Waals surface area contributed by atoms with Crippen molar-refractivity contribution in [1.29, 1.82) is 0 Å². The minimum absolute atomic E-state index is 0.142. The van der Waals surface area contributed by atoms with Crippen molar-refractivity contribution in [3.05, 3.63) is 16.4 Å². The quantitative estimate of drug-likeness (QED) is 0.688. The standard InChI is InChI=1S/C13H21ClN2O3/c1-5-9-12(14)10(16(4)15-9)8-11(17)13(18-6-2)19-7-3/h13H,5-8H2,1-4H3. The van der Waals surface area contributed by atoms with Crippen molar-refractivity contribution in [2.45, 2.75) is 39.9 Å². The number of aromatic nitrogens is 2. The van der Waals surface area contributed by atoms with Gasteiger partial charge in [0.1, 0.15) is 0 Å². The van der Waals surface area contributed by atoms with Crippen LogP contribution in [0.2, 0.25) is 5.02 Å². The zero-order chi connectivity index (χ0) is 14.4. The van der Waals surface area contributed by atoms with Gasteiger partial charge in [0.15, 0.2) is 5.78 Å².